The highest BCUT2D eigenvalue weighted by Gasteiger charge is 2.34. The Morgan fingerprint density at radius 2 is 2.06 bits per heavy atom. The van der Waals surface area contributed by atoms with Crippen LogP contribution < -0.4 is 10.5 Å². The molecule has 1 rings (SSSR count). The highest BCUT2D eigenvalue weighted by atomic mass is 32.2. The molecule has 0 spiro atoms. The van der Waals surface area contributed by atoms with E-state index in [0.717, 1.165) is 19.3 Å². The number of hydrogen-bond donors (Lipinski definition) is 2. The fourth-order valence-corrected chi connectivity index (χ4v) is 3.70. The minimum Gasteiger partial charge on any atom is -0.330 e. The van der Waals surface area contributed by atoms with Crippen LogP contribution in [0.1, 0.15) is 33.1 Å². The Hall–Kier alpha value is -0.170. The molecular formula is C11H25N3O2S. The first-order valence-electron chi connectivity index (χ1n) is 6.31. The summed E-state index contributed by atoms with van der Waals surface area (Å²) in [5.41, 5.74) is 5.69. The lowest BCUT2D eigenvalue weighted by Crippen LogP contribution is -2.47. The van der Waals surface area contributed by atoms with E-state index in [-0.39, 0.29) is 6.04 Å². The number of nitrogens with two attached hydrogens (primary N) is 1. The van der Waals surface area contributed by atoms with Crippen molar-refractivity contribution in [3.05, 3.63) is 0 Å². The number of nitrogens with one attached hydrogen (secondary N) is 1. The normalized spacial score (nSPS) is 26.0. The van der Waals surface area contributed by atoms with Gasteiger partial charge in [0.05, 0.1) is 0 Å². The van der Waals surface area contributed by atoms with E-state index < -0.39 is 10.2 Å². The molecule has 0 amide bonds. The molecule has 17 heavy (non-hydrogen) atoms. The second kappa shape index (κ2) is 6.13. The summed E-state index contributed by atoms with van der Waals surface area (Å²) in [4.78, 5) is 0. The highest BCUT2D eigenvalue weighted by Crippen LogP contribution is 2.29. The lowest BCUT2D eigenvalue weighted by molar-refractivity contribution is 0.300. The number of hydrogen-bond acceptors (Lipinski definition) is 3. The van der Waals surface area contributed by atoms with Gasteiger partial charge in [0.15, 0.2) is 0 Å². The molecule has 2 unspecified atom stereocenters. The predicted octanol–water partition coefficient (Wildman–Crippen LogP) is 0.536. The Balaban J connectivity index is 2.64. The van der Waals surface area contributed by atoms with Gasteiger partial charge in [-0.1, -0.05) is 20.3 Å². The first-order chi connectivity index (χ1) is 7.88. The average Bonchev–Trinajstić information content (AvgIpc) is 2.73. The quantitative estimate of drug-likeness (QED) is 0.734. The Morgan fingerprint density at radius 1 is 1.41 bits per heavy atom. The molecule has 5 nitrogen and oxygen atoms in total. The van der Waals surface area contributed by atoms with Crippen LogP contribution in [-0.2, 0) is 10.2 Å². The molecule has 2 atom stereocenters. The zero-order valence-corrected chi connectivity index (χ0v) is 11.8. The second-order valence-electron chi connectivity index (χ2n) is 5.26. The molecule has 0 aromatic rings. The van der Waals surface area contributed by atoms with Gasteiger partial charge in [-0.25, -0.2) is 4.72 Å². The van der Waals surface area contributed by atoms with Crippen molar-refractivity contribution in [3.8, 4) is 0 Å². The van der Waals surface area contributed by atoms with Gasteiger partial charge in [0.2, 0.25) is 0 Å². The van der Waals surface area contributed by atoms with Gasteiger partial charge in [0, 0.05) is 19.6 Å². The summed E-state index contributed by atoms with van der Waals surface area (Å²) in [5, 5.41) is 0. The topological polar surface area (TPSA) is 75.4 Å². The fourth-order valence-electron chi connectivity index (χ4n) is 2.32. The van der Waals surface area contributed by atoms with E-state index in [1.54, 1.807) is 7.05 Å². The van der Waals surface area contributed by atoms with Gasteiger partial charge in [-0.3, -0.25) is 0 Å². The molecule has 0 saturated heterocycles. The largest absolute Gasteiger partial charge is 0.330 e. The third-order valence-corrected chi connectivity index (χ3v) is 5.00. The van der Waals surface area contributed by atoms with Crippen molar-refractivity contribution < 1.29 is 8.42 Å². The molecule has 102 valence electrons. The van der Waals surface area contributed by atoms with Crippen LogP contribution in [0.25, 0.3) is 0 Å². The van der Waals surface area contributed by atoms with Gasteiger partial charge < -0.3 is 5.73 Å². The second-order valence-corrected chi connectivity index (χ2v) is 7.07. The van der Waals surface area contributed by atoms with E-state index in [2.05, 4.69) is 4.72 Å². The van der Waals surface area contributed by atoms with Crippen molar-refractivity contribution in [2.75, 3.05) is 20.1 Å². The third kappa shape index (κ3) is 3.91. The molecule has 1 saturated carbocycles. The predicted molar refractivity (Wildman–Crippen MR) is 69.7 cm³/mol. The molecular weight excluding hydrogens is 238 g/mol. The van der Waals surface area contributed by atoms with Crippen molar-refractivity contribution in [3.63, 3.8) is 0 Å². The minimum absolute atomic E-state index is 0.0599. The van der Waals surface area contributed by atoms with Gasteiger partial charge in [-0.2, -0.15) is 12.7 Å². The number of nitrogens with zero attached hydrogens (tertiary/aromatic N) is 1. The van der Waals surface area contributed by atoms with Crippen LogP contribution in [-0.4, -0.2) is 38.9 Å². The summed E-state index contributed by atoms with van der Waals surface area (Å²) < 4.78 is 28.2. The van der Waals surface area contributed by atoms with E-state index in [1.165, 1.54) is 4.31 Å². The Kier molecular flexibility index (Phi) is 5.37. The Labute approximate surface area is 105 Å². The van der Waals surface area contributed by atoms with Crippen LogP contribution in [0.3, 0.4) is 0 Å². The zero-order valence-electron chi connectivity index (χ0n) is 11.0. The maximum atomic E-state index is 12.1. The molecule has 0 bridgehead atoms. The van der Waals surface area contributed by atoms with Crippen molar-refractivity contribution in [2.24, 2.45) is 17.6 Å². The van der Waals surface area contributed by atoms with Gasteiger partial charge in [-0.15, -0.1) is 0 Å². The summed E-state index contributed by atoms with van der Waals surface area (Å²) >= 11 is 0. The maximum Gasteiger partial charge on any atom is 0.279 e. The van der Waals surface area contributed by atoms with Crippen molar-refractivity contribution in [1.29, 1.82) is 0 Å². The maximum absolute atomic E-state index is 12.1. The summed E-state index contributed by atoms with van der Waals surface area (Å²) in [7, 11) is -1.70. The molecule has 0 radical (unpaired) electrons. The smallest absolute Gasteiger partial charge is 0.279 e. The van der Waals surface area contributed by atoms with Crippen LogP contribution in [0, 0.1) is 11.8 Å². The van der Waals surface area contributed by atoms with Crippen LogP contribution in [0.4, 0.5) is 0 Å². The third-order valence-electron chi connectivity index (χ3n) is 3.44. The van der Waals surface area contributed by atoms with Crippen LogP contribution in [0.2, 0.25) is 0 Å². The molecule has 1 fully saturated rings. The van der Waals surface area contributed by atoms with E-state index >= 15 is 0 Å². The van der Waals surface area contributed by atoms with Crippen LogP contribution in [0.5, 0.6) is 0 Å². The van der Waals surface area contributed by atoms with Crippen LogP contribution >= 0.6 is 0 Å². The van der Waals surface area contributed by atoms with Crippen molar-refractivity contribution in [2.45, 2.75) is 39.2 Å². The fraction of sp³-hybridized carbons (Fsp3) is 1.00. The van der Waals surface area contributed by atoms with Gasteiger partial charge >= 0.3 is 0 Å². The number of rotatable bonds is 6. The molecule has 0 aromatic carbocycles. The van der Waals surface area contributed by atoms with E-state index in [1.807, 2.05) is 13.8 Å². The summed E-state index contributed by atoms with van der Waals surface area (Å²) in [6.07, 6.45) is 3.02. The van der Waals surface area contributed by atoms with Gasteiger partial charge in [0.25, 0.3) is 10.2 Å². The monoisotopic (exact) mass is 263 g/mol. The molecule has 0 heterocycles. The Bertz CT molecular complexity index is 330. The van der Waals surface area contributed by atoms with Crippen LogP contribution in [0.15, 0.2) is 0 Å². The lowest BCUT2D eigenvalue weighted by Gasteiger charge is -2.28. The van der Waals surface area contributed by atoms with Crippen molar-refractivity contribution in [1.82, 2.24) is 9.03 Å². The van der Waals surface area contributed by atoms with Crippen molar-refractivity contribution >= 4 is 10.2 Å². The summed E-state index contributed by atoms with van der Waals surface area (Å²) in [5.74, 6) is 0.614. The standard InChI is InChI=1S/C11H25N3O2S/c1-9(2)8-13-17(15,16)14(3)11-6-4-5-10(11)7-12/h9-11,13H,4-8,12H2,1-3H3. The molecule has 1 aliphatic carbocycles. The summed E-state index contributed by atoms with van der Waals surface area (Å²) in [6.45, 7) is 5.02. The molecule has 6 heteroatoms. The first-order valence-corrected chi connectivity index (χ1v) is 7.75. The average molecular weight is 263 g/mol. The van der Waals surface area contributed by atoms with Gasteiger partial charge in [-0.05, 0) is 31.2 Å². The molecule has 3 N–H and O–H groups in total. The molecule has 0 aromatic heterocycles. The first kappa shape index (κ1) is 14.9. The molecule has 1 aliphatic rings. The van der Waals surface area contributed by atoms with E-state index in [0.29, 0.717) is 24.9 Å². The zero-order chi connectivity index (χ0) is 13.1. The van der Waals surface area contributed by atoms with E-state index in [4.69, 9.17) is 5.73 Å². The summed E-state index contributed by atoms with van der Waals surface area (Å²) in [6, 6.07) is 0.0599. The van der Waals surface area contributed by atoms with E-state index in [9.17, 15) is 8.42 Å². The lowest BCUT2D eigenvalue weighted by atomic mass is 10.0. The van der Waals surface area contributed by atoms with Gasteiger partial charge in [0.1, 0.15) is 0 Å². The molecule has 0 aliphatic heterocycles. The highest BCUT2D eigenvalue weighted by molar-refractivity contribution is 7.87. The Morgan fingerprint density at radius 3 is 2.59 bits per heavy atom. The minimum atomic E-state index is -3.35. The SMILES string of the molecule is CC(C)CNS(=O)(=O)N(C)C1CCCC1CN.